The molecule has 5 heteroatoms. The fourth-order valence-corrected chi connectivity index (χ4v) is 5.83. The molecule has 1 amide bonds. The van der Waals surface area contributed by atoms with Gasteiger partial charge in [-0.25, -0.2) is 0 Å². The van der Waals surface area contributed by atoms with Crippen LogP contribution in [0.1, 0.15) is 194 Å². The van der Waals surface area contributed by atoms with E-state index in [1.807, 2.05) is 0 Å². The van der Waals surface area contributed by atoms with E-state index < -0.39 is 24.9 Å². The average molecular weight is 648 g/mol. The Hall–Kier alpha value is -1.43. The van der Waals surface area contributed by atoms with Crippen LogP contribution in [0.4, 0.5) is 0 Å². The summed E-state index contributed by atoms with van der Waals surface area (Å²) in [5.74, 6) is -0.196. The van der Waals surface area contributed by atoms with Gasteiger partial charge in [0.25, 0.3) is 0 Å². The number of unbranched alkanes of at least 4 members (excludes halogenated alkanes) is 21. The molecule has 0 bridgehead atoms. The van der Waals surface area contributed by atoms with Gasteiger partial charge in [-0.3, -0.25) is 4.79 Å². The van der Waals surface area contributed by atoms with Gasteiger partial charge in [0.2, 0.25) is 5.91 Å². The van der Waals surface area contributed by atoms with Crippen molar-refractivity contribution in [3.05, 3.63) is 36.5 Å². The highest BCUT2D eigenvalue weighted by Crippen LogP contribution is 2.14. The molecule has 0 saturated heterocycles. The molecule has 0 spiro atoms. The molecule has 5 nitrogen and oxygen atoms in total. The van der Waals surface area contributed by atoms with E-state index in [-0.39, 0.29) is 5.91 Å². The van der Waals surface area contributed by atoms with Crippen molar-refractivity contribution in [1.82, 2.24) is 5.32 Å². The van der Waals surface area contributed by atoms with Crippen LogP contribution in [0.3, 0.4) is 0 Å². The van der Waals surface area contributed by atoms with Crippen LogP contribution < -0.4 is 5.32 Å². The summed E-state index contributed by atoms with van der Waals surface area (Å²) in [7, 11) is 0. The van der Waals surface area contributed by atoms with Crippen molar-refractivity contribution in [3.8, 4) is 0 Å². The van der Waals surface area contributed by atoms with Gasteiger partial charge < -0.3 is 20.6 Å². The Labute approximate surface area is 285 Å². The third-order valence-corrected chi connectivity index (χ3v) is 8.94. The summed E-state index contributed by atoms with van der Waals surface area (Å²) in [4.78, 5) is 12.3. The lowest BCUT2D eigenvalue weighted by molar-refractivity contribution is -0.124. The van der Waals surface area contributed by atoms with Gasteiger partial charge >= 0.3 is 0 Å². The summed E-state index contributed by atoms with van der Waals surface area (Å²) >= 11 is 0. The van der Waals surface area contributed by atoms with Crippen molar-refractivity contribution < 1.29 is 20.1 Å². The van der Waals surface area contributed by atoms with Crippen molar-refractivity contribution in [3.63, 3.8) is 0 Å². The molecular weight excluding hydrogens is 570 g/mol. The average Bonchev–Trinajstić information content (AvgIpc) is 3.06. The van der Waals surface area contributed by atoms with E-state index in [4.69, 9.17) is 0 Å². The van der Waals surface area contributed by atoms with E-state index in [0.29, 0.717) is 12.8 Å². The summed E-state index contributed by atoms with van der Waals surface area (Å²) in [6.45, 7) is 4.10. The number of hydrogen-bond acceptors (Lipinski definition) is 4. The van der Waals surface area contributed by atoms with E-state index in [1.54, 1.807) is 0 Å². The number of rotatable bonds is 35. The highest BCUT2D eigenvalue weighted by atomic mass is 16.3. The molecule has 270 valence electrons. The van der Waals surface area contributed by atoms with E-state index in [9.17, 15) is 20.1 Å². The fourth-order valence-electron chi connectivity index (χ4n) is 5.83. The first-order valence-corrected chi connectivity index (χ1v) is 19.8. The number of carbonyl (C=O) groups excluding carboxylic acids is 1. The second-order valence-corrected chi connectivity index (χ2v) is 13.5. The largest absolute Gasteiger partial charge is 0.394 e. The Morgan fingerprint density at radius 3 is 1.35 bits per heavy atom. The third-order valence-electron chi connectivity index (χ3n) is 8.94. The topological polar surface area (TPSA) is 89.8 Å². The first-order valence-electron chi connectivity index (χ1n) is 19.8. The van der Waals surface area contributed by atoms with Crippen molar-refractivity contribution in [1.29, 1.82) is 0 Å². The minimum atomic E-state index is -1.18. The van der Waals surface area contributed by atoms with E-state index in [2.05, 4.69) is 55.6 Å². The second kappa shape index (κ2) is 36.4. The Balaban J connectivity index is 3.70. The lowest BCUT2D eigenvalue weighted by Gasteiger charge is -2.26. The molecule has 0 aromatic rings. The molecule has 0 aliphatic carbocycles. The highest BCUT2D eigenvalue weighted by molar-refractivity contribution is 5.76. The monoisotopic (exact) mass is 648 g/mol. The van der Waals surface area contributed by atoms with Crippen LogP contribution >= 0.6 is 0 Å². The zero-order chi connectivity index (χ0) is 33.8. The molecule has 0 rings (SSSR count). The van der Waals surface area contributed by atoms with Gasteiger partial charge in [-0.15, -0.1) is 0 Å². The molecule has 0 aliphatic rings. The molecule has 0 aromatic heterocycles. The van der Waals surface area contributed by atoms with Crippen LogP contribution in [0.25, 0.3) is 0 Å². The van der Waals surface area contributed by atoms with Crippen LogP contribution in [0.15, 0.2) is 36.5 Å². The molecule has 46 heavy (non-hydrogen) atoms. The molecule has 0 saturated carbocycles. The molecule has 0 radical (unpaired) electrons. The smallest absolute Gasteiger partial charge is 0.220 e. The van der Waals surface area contributed by atoms with Gasteiger partial charge in [-0.2, -0.15) is 0 Å². The standard InChI is InChI=1S/C41H77NO4/c1-3-5-7-9-11-13-14-15-16-17-18-19-20-21-22-23-24-25-26-28-29-31-33-35-39(44)41(46)38(37-43)42-40(45)36-34-32-30-27-12-10-8-6-4-2/h23-24,27-30,38-39,41,43-44,46H,3-22,25-26,31-37H2,1-2H3,(H,42,45)/b24-23+,29-28+,30-27-. The quantitative estimate of drug-likeness (QED) is 0.0407. The molecule has 3 unspecified atom stereocenters. The van der Waals surface area contributed by atoms with Gasteiger partial charge in [-0.1, -0.05) is 153 Å². The Bertz CT molecular complexity index is 719. The molecule has 3 atom stereocenters. The molecule has 4 N–H and O–H groups in total. The lowest BCUT2D eigenvalue weighted by Crippen LogP contribution is -2.50. The van der Waals surface area contributed by atoms with Gasteiger partial charge in [-0.05, 0) is 70.6 Å². The number of amides is 1. The predicted molar refractivity (Wildman–Crippen MR) is 199 cm³/mol. The van der Waals surface area contributed by atoms with Crippen molar-refractivity contribution in [2.24, 2.45) is 0 Å². The van der Waals surface area contributed by atoms with Gasteiger partial charge in [0.15, 0.2) is 0 Å². The first kappa shape index (κ1) is 44.6. The normalized spacial score (nSPS) is 14.1. The van der Waals surface area contributed by atoms with Gasteiger partial charge in [0.05, 0.1) is 18.8 Å². The SMILES string of the molecule is CCCCCC/C=C\CCCC(=O)NC(CO)C(O)C(O)CCC/C=C/CC/C=C/CCCCCCCCCCCCCCCC. The zero-order valence-electron chi connectivity index (χ0n) is 30.5. The Morgan fingerprint density at radius 2 is 0.891 bits per heavy atom. The summed E-state index contributed by atoms with van der Waals surface area (Å²) < 4.78 is 0. The summed E-state index contributed by atoms with van der Waals surface area (Å²) in [5, 5.41) is 33.2. The number of hydrogen-bond donors (Lipinski definition) is 4. The molecule has 0 aromatic carbocycles. The number of carbonyl (C=O) groups is 1. The highest BCUT2D eigenvalue weighted by Gasteiger charge is 2.26. The first-order chi connectivity index (χ1) is 22.6. The second-order valence-electron chi connectivity index (χ2n) is 13.5. The summed E-state index contributed by atoms with van der Waals surface area (Å²) in [5.41, 5.74) is 0. The molecule has 0 aliphatic heterocycles. The predicted octanol–water partition coefficient (Wildman–Crippen LogP) is 10.8. The number of aliphatic hydroxyl groups excluding tert-OH is 3. The maximum Gasteiger partial charge on any atom is 0.220 e. The van der Waals surface area contributed by atoms with Crippen LogP contribution in [0.5, 0.6) is 0 Å². The Morgan fingerprint density at radius 1 is 0.522 bits per heavy atom. The van der Waals surface area contributed by atoms with Crippen LogP contribution in [0, 0.1) is 0 Å². The summed E-state index contributed by atoms with van der Waals surface area (Å²) in [6, 6.07) is -0.844. The van der Waals surface area contributed by atoms with Crippen molar-refractivity contribution in [2.75, 3.05) is 6.61 Å². The maximum absolute atomic E-state index is 12.3. The zero-order valence-corrected chi connectivity index (χ0v) is 30.5. The van der Waals surface area contributed by atoms with Crippen LogP contribution in [0.2, 0.25) is 0 Å². The van der Waals surface area contributed by atoms with Crippen LogP contribution in [-0.4, -0.2) is 46.1 Å². The number of allylic oxidation sites excluding steroid dienone is 6. The molecular formula is C41H77NO4. The number of aliphatic hydroxyl groups is 3. The molecule has 0 heterocycles. The third kappa shape index (κ3) is 31.2. The van der Waals surface area contributed by atoms with Crippen molar-refractivity contribution >= 4 is 5.91 Å². The summed E-state index contributed by atoms with van der Waals surface area (Å²) in [6.07, 6.45) is 44.1. The van der Waals surface area contributed by atoms with E-state index in [0.717, 1.165) is 44.9 Å². The van der Waals surface area contributed by atoms with Crippen LogP contribution in [-0.2, 0) is 4.79 Å². The number of nitrogens with one attached hydrogen (secondary N) is 1. The lowest BCUT2D eigenvalue weighted by atomic mass is 10.0. The fraction of sp³-hybridized carbons (Fsp3) is 0.829. The van der Waals surface area contributed by atoms with Gasteiger partial charge in [0, 0.05) is 6.42 Å². The van der Waals surface area contributed by atoms with E-state index in [1.165, 1.54) is 122 Å². The maximum atomic E-state index is 12.3. The Kier molecular flexibility index (Phi) is 35.3. The van der Waals surface area contributed by atoms with E-state index >= 15 is 0 Å². The minimum absolute atomic E-state index is 0.196. The van der Waals surface area contributed by atoms with Gasteiger partial charge in [0.1, 0.15) is 6.10 Å². The minimum Gasteiger partial charge on any atom is -0.394 e. The molecule has 0 fully saturated rings. The van der Waals surface area contributed by atoms with Crippen molar-refractivity contribution in [2.45, 2.75) is 212 Å².